The zero-order valence-corrected chi connectivity index (χ0v) is 13.8. The molecule has 0 saturated carbocycles. The number of carbonyl (C=O) groups is 1. The van der Waals surface area contributed by atoms with Crippen LogP contribution in [-0.2, 0) is 6.54 Å². The summed E-state index contributed by atoms with van der Waals surface area (Å²) in [5.74, 6) is 0.937. The fourth-order valence-corrected chi connectivity index (χ4v) is 2.98. The zero-order valence-electron chi connectivity index (χ0n) is 13.8. The molecule has 2 aromatic heterocycles. The standard InChI is InChI=1S/C17H23N5O2/c1-13(23)14-6-10-21(11-7-14)17(24)20-16-5-9-19-22(16)12-15-4-2-3-8-18-15/h2-5,8-9,13-14,23H,6-7,10-12H2,1H3,(H,20,24). The maximum Gasteiger partial charge on any atom is 0.322 e. The summed E-state index contributed by atoms with van der Waals surface area (Å²) >= 11 is 0. The van der Waals surface area contributed by atoms with Crippen molar-refractivity contribution in [3.8, 4) is 0 Å². The number of aromatic nitrogens is 3. The average molecular weight is 329 g/mol. The molecule has 1 aliphatic heterocycles. The molecule has 1 unspecified atom stereocenters. The highest BCUT2D eigenvalue weighted by Gasteiger charge is 2.25. The molecule has 0 bridgehead atoms. The van der Waals surface area contributed by atoms with E-state index in [1.165, 1.54) is 0 Å². The van der Waals surface area contributed by atoms with Gasteiger partial charge in [-0.05, 0) is 37.8 Å². The van der Waals surface area contributed by atoms with Gasteiger partial charge in [0.2, 0.25) is 0 Å². The van der Waals surface area contributed by atoms with E-state index in [2.05, 4.69) is 15.4 Å². The molecular formula is C17H23N5O2. The number of nitrogens with zero attached hydrogens (tertiary/aromatic N) is 4. The van der Waals surface area contributed by atoms with Crippen molar-refractivity contribution in [2.75, 3.05) is 18.4 Å². The summed E-state index contributed by atoms with van der Waals surface area (Å²) in [5.41, 5.74) is 0.884. The van der Waals surface area contributed by atoms with E-state index in [4.69, 9.17) is 0 Å². The fraction of sp³-hybridized carbons (Fsp3) is 0.471. The van der Waals surface area contributed by atoms with Crippen molar-refractivity contribution in [1.82, 2.24) is 19.7 Å². The highest BCUT2D eigenvalue weighted by atomic mass is 16.3. The van der Waals surface area contributed by atoms with Crippen LogP contribution in [0.1, 0.15) is 25.5 Å². The first-order chi connectivity index (χ1) is 11.6. The molecule has 3 heterocycles. The number of likely N-dealkylation sites (tertiary alicyclic amines) is 1. The molecule has 7 nitrogen and oxygen atoms in total. The van der Waals surface area contributed by atoms with Gasteiger partial charge < -0.3 is 10.0 Å². The Morgan fingerprint density at radius 2 is 2.12 bits per heavy atom. The number of pyridine rings is 1. The van der Waals surface area contributed by atoms with Gasteiger partial charge in [-0.25, -0.2) is 9.48 Å². The summed E-state index contributed by atoms with van der Waals surface area (Å²) in [7, 11) is 0. The molecule has 1 saturated heterocycles. The van der Waals surface area contributed by atoms with Crippen molar-refractivity contribution in [3.63, 3.8) is 0 Å². The maximum absolute atomic E-state index is 12.4. The Hall–Kier alpha value is -2.41. The van der Waals surface area contributed by atoms with Crippen LogP contribution in [0.4, 0.5) is 10.6 Å². The van der Waals surface area contributed by atoms with E-state index in [-0.39, 0.29) is 18.1 Å². The van der Waals surface area contributed by atoms with Crippen molar-refractivity contribution in [1.29, 1.82) is 0 Å². The molecule has 0 radical (unpaired) electrons. The summed E-state index contributed by atoms with van der Waals surface area (Å²) in [4.78, 5) is 18.5. The molecule has 7 heteroatoms. The van der Waals surface area contributed by atoms with E-state index in [0.29, 0.717) is 25.5 Å². The molecule has 1 aliphatic rings. The highest BCUT2D eigenvalue weighted by molar-refractivity contribution is 5.88. The van der Waals surface area contributed by atoms with Gasteiger partial charge in [0.1, 0.15) is 5.82 Å². The Bertz CT molecular complexity index is 663. The number of nitrogens with one attached hydrogen (secondary N) is 1. The topological polar surface area (TPSA) is 83.3 Å². The maximum atomic E-state index is 12.4. The van der Waals surface area contributed by atoms with Crippen LogP contribution in [-0.4, -0.2) is 50.0 Å². The van der Waals surface area contributed by atoms with Crippen molar-refractivity contribution in [2.45, 2.75) is 32.4 Å². The van der Waals surface area contributed by atoms with Gasteiger partial charge in [-0.3, -0.25) is 10.3 Å². The minimum Gasteiger partial charge on any atom is -0.393 e. The second-order valence-corrected chi connectivity index (χ2v) is 6.19. The predicted molar refractivity (Wildman–Crippen MR) is 90.6 cm³/mol. The first kappa shape index (κ1) is 16.4. The minimum absolute atomic E-state index is 0.123. The molecule has 0 aliphatic carbocycles. The second kappa shape index (κ2) is 7.44. The minimum atomic E-state index is -0.310. The number of rotatable bonds is 4. The summed E-state index contributed by atoms with van der Waals surface area (Å²) < 4.78 is 1.72. The van der Waals surface area contributed by atoms with E-state index < -0.39 is 0 Å². The number of piperidine rings is 1. The smallest absolute Gasteiger partial charge is 0.322 e. The lowest BCUT2D eigenvalue weighted by molar-refractivity contribution is 0.0820. The third-order valence-electron chi connectivity index (χ3n) is 4.50. The Kier molecular flexibility index (Phi) is 5.10. The lowest BCUT2D eigenvalue weighted by Crippen LogP contribution is -2.43. The van der Waals surface area contributed by atoms with Crippen LogP contribution in [0.15, 0.2) is 36.7 Å². The quantitative estimate of drug-likeness (QED) is 0.898. The molecule has 1 atom stereocenters. The van der Waals surface area contributed by atoms with Crippen molar-refractivity contribution >= 4 is 11.8 Å². The van der Waals surface area contributed by atoms with Crippen molar-refractivity contribution < 1.29 is 9.90 Å². The van der Waals surface area contributed by atoms with Gasteiger partial charge in [-0.2, -0.15) is 5.10 Å². The Balaban J connectivity index is 1.59. The van der Waals surface area contributed by atoms with E-state index in [1.807, 2.05) is 25.1 Å². The van der Waals surface area contributed by atoms with Gasteiger partial charge in [-0.1, -0.05) is 6.07 Å². The van der Waals surface area contributed by atoms with Gasteiger partial charge in [0.25, 0.3) is 0 Å². The predicted octanol–water partition coefficient (Wildman–Crippen LogP) is 1.95. The normalized spacial score (nSPS) is 16.8. The Labute approximate surface area is 141 Å². The summed E-state index contributed by atoms with van der Waals surface area (Å²) in [6.45, 7) is 3.65. The number of aliphatic hydroxyl groups excluding tert-OH is 1. The molecule has 2 aromatic rings. The van der Waals surface area contributed by atoms with Crippen LogP contribution >= 0.6 is 0 Å². The van der Waals surface area contributed by atoms with Crippen molar-refractivity contribution in [3.05, 3.63) is 42.4 Å². The average Bonchev–Trinajstić information content (AvgIpc) is 3.02. The SMILES string of the molecule is CC(O)C1CCN(C(=O)Nc2ccnn2Cc2ccccn2)CC1. The van der Waals surface area contributed by atoms with E-state index in [1.54, 1.807) is 28.0 Å². The number of hydrogen-bond acceptors (Lipinski definition) is 4. The van der Waals surface area contributed by atoms with Gasteiger partial charge in [-0.15, -0.1) is 0 Å². The largest absolute Gasteiger partial charge is 0.393 e. The summed E-state index contributed by atoms with van der Waals surface area (Å²) in [6, 6.07) is 7.38. The lowest BCUT2D eigenvalue weighted by Gasteiger charge is -2.33. The van der Waals surface area contributed by atoms with Gasteiger partial charge in [0.15, 0.2) is 0 Å². The number of amides is 2. The number of aliphatic hydroxyl groups is 1. The molecular weight excluding hydrogens is 306 g/mol. The van der Waals surface area contributed by atoms with Crippen molar-refractivity contribution in [2.24, 2.45) is 5.92 Å². The Morgan fingerprint density at radius 3 is 2.79 bits per heavy atom. The monoisotopic (exact) mass is 329 g/mol. The van der Waals surface area contributed by atoms with Gasteiger partial charge >= 0.3 is 6.03 Å². The lowest BCUT2D eigenvalue weighted by atomic mass is 9.92. The molecule has 1 fully saturated rings. The third kappa shape index (κ3) is 3.91. The molecule has 2 amide bonds. The number of hydrogen-bond donors (Lipinski definition) is 2. The highest BCUT2D eigenvalue weighted by Crippen LogP contribution is 2.21. The number of carbonyl (C=O) groups excluding carboxylic acids is 1. The first-order valence-electron chi connectivity index (χ1n) is 8.29. The van der Waals surface area contributed by atoms with Crippen LogP contribution in [0, 0.1) is 5.92 Å². The second-order valence-electron chi connectivity index (χ2n) is 6.19. The van der Waals surface area contributed by atoms with Crippen LogP contribution in [0.5, 0.6) is 0 Å². The molecule has 0 aromatic carbocycles. The molecule has 128 valence electrons. The summed E-state index contributed by atoms with van der Waals surface area (Å²) in [5, 5.41) is 16.8. The molecule has 3 rings (SSSR count). The Morgan fingerprint density at radius 1 is 1.33 bits per heavy atom. The van der Waals surface area contributed by atoms with Crippen LogP contribution in [0.25, 0.3) is 0 Å². The van der Waals surface area contributed by atoms with E-state index >= 15 is 0 Å². The van der Waals surface area contributed by atoms with Gasteiger partial charge in [0.05, 0.1) is 24.5 Å². The third-order valence-corrected chi connectivity index (χ3v) is 4.50. The zero-order chi connectivity index (χ0) is 16.9. The number of anilines is 1. The van der Waals surface area contributed by atoms with Gasteiger partial charge in [0, 0.05) is 25.4 Å². The van der Waals surface area contributed by atoms with Crippen LogP contribution < -0.4 is 5.32 Å². The van der Waals surface area contributed by atoms with E-state index in [0.717, 1.165) is 18.5 Å². The molecule has 2 N–H and O–H groups in total. The fourth-order valence-electron chi connectivity index (χ4n) is 2.98. The summed E-state index contributed by atoms with van der Waals surface area (Å²) in [6.07, 6.45) is 4.76. The van der Waals surface area contributed by atoms with E-state index in [9.17, 15) is 9.90 Å². The molecule has 24 heavy (non-hydrogen) atoms. The van der Waals surface area contributed by atoms with Crippen LogP contribution in [0.3, 0.4) is 0 Å². The number of urea groups is 1. The van der Waals surface area contributed by atoms with Crippen LogP contribution in [0.2, 0.25) is 0 Å². The first-order valence-corrected chi connectivity index (χ1v) is 8.29. The molecule has 0 spiro atoms.